The quantitative estimate of drug-likeness (QED) is 0.575. The van der Waals surface area contributed by atoms with E-state index in [-0.39, 0.29) is 17.1 Å². The van der Waals surface area contributed by atoms with Crippen molar-refractivity contribution in [1.82, 2.24) is 4.98 Å². The zero-order valence-corrected chi connectivity index (χ0v) is 17.3. The van der Waals surface area contributed by atoms with Crippen LogP contribution < -0.4 is 10.1 Å². The molecule has 0 aliphatic carbocycles. The Morgan fingerprint density at radius 2 is 1.89 bits per heavy atom. The minimum absolute atomic E-state index is 0.0415. The number of nitrogens with zero attached hydrogens (tertiary/aromatic N) is 1. The number of thiazole rings is 1. The SMILES string of the molecule is Cc1nc(COc2ccc(C(=O)Nc3cc(C(C)(C)C)ccc3O)cc2)cs1. The molecule has 0 spiro atoms. The molecule has 5 nitrogen and oxygen atoms in total. The molecule has 1 heterocycles. The first kappa shape index (κ1) is 19.9. The highest BCUT2D eigenvalue weighted by Gasteiger charge is 2.17. The minimum Gasteiger partial charge on any atom is -0.506 e. The Morgan fingerprint density at radius 1 is 1.18 bits per heavy atom. The van der Waals surface area contributed by atoms with Gasteiger partial charge in [0.05, 0.1) is 16.4 Å². The average Bonchev–Trinajstić information content (AvgIpc) is 3.06. The van der Waals surface area contributed by atoms with Crippen LogP contribution in [-0.4, -0.2) is 16.0 Å². The van der Waals surface area contributed by atoms with E-state index < -0.39 is 0 Å². The van der Waals surface area contributed by atoms with E-state index in [9.17, 15) is 9.90 Å². The predicted octanol–water partition coefficient (Wildman–Crippen LogP) is 5.29. The highest BCUT2D eigenvalue weighted by Crippen LogP contribution is 2.31. The molecule has 2 N–H and O–H groups in total. The number of hydrogen-bond donors (Lipinski definition) is 2. The highest BCUT2D eigenvalue weighted by atomic mass is 32.1. The van der Waals surface area contributed by atoms with Crippen molar-refractivity contribution >= 4 is 22.9 Å². The minimum atomic E-state index is -0.289. The molecule has 0 aliphatic heterocycles. The molecule has 1 amide bonds. The number of hydrogen-bond acceptors (Lipinski definition) is 5. The number of anilines is 1. The van der Waals surface area contributed by atoms with E-state index in [2.05, 4.69) is 31.1 Å². The number of benzene rings is 2. The Morgan fingerprint density at radius 3 is 2.50 bits per heavy atom. The van der Waals surface area contributed by atoms with E-state index in [1.54, 1.807) is 47.7 Å². The van der Waals surface area contributed by atoms with Gasteiger partial charge in [-0.1, -0.05) is 26.8 Å². The normalized spacial score (nSPS) is 11.3. The number of amides is 1. The first-order valence-corrected chi connectivity index (χ1v) is 9.89. The molecule has 6 heteroatoms. The van der Waals surface area contributed by atoms with E-state index in [0.717, 1.165) is 16.3 Å². The predicted molar refractivity (Wildman–Crippen MR) is 112 cm³/mol. The standard InChI is InChI=1S/C22H24N2O3S/c1-14-23-17(13-28-14)12-27-18-8-5-15(6-9-18)21(26)24-19-11-16(22(2,3)4)7-10-20(19)25/h5-11,13,25H,12H2,1-4H3,(H,24,26). The lowest BCUT2D eigenvalue weighted by molar-refractivity contribution is 0.102. The van der Waals surface area contributed by atoms with Crippen LogP contribution in [0.2, 0.25) is 0 Å². The van der Waals surface area contributed by atoms with Gasteiger partial charge in [0, 0.05) is 10.9 Å². The molecule has 146 valence electrons. The van der Waals surface area contributed by atoms with Crippen LogP contribution in [0.25, 0.3) is 0 Å². The molecule has 0 bridgehead atoms. The second kappa shape index (κ2) is 8.02. The van der Waals surface area contributed by atoms with E-state index in [4.69, 9.17) is 4.74 Å². The summed E-state index contributed by atoms with van der Waals surface area (Å²) in [6.07, 6.45) is 0. The molecule has 0 radical (unpaired) electrons. The molecular formula is C22H24N2O3S. The molecule has 0 atom stereocenters. The first-order chi connectivity index (χ1) is 13.2. The van der Waals surface area contributed by atoms with E-state index in [1.807, 2.05) is 18.4 Å². The van der Waals surface area contributed by atoms with Crippen molar-refractivity contribution in [1.29, 1.82) is 0 Å². The lowest BCUT2D eigenvalue weighted by atomic mass is 9.87. The van der Waals surface area contributed by atoms with Crippen molar-refractivity contribution in [2.75, 3.05) is 5.32 Å². The van der Waals surface area contributed by atoms with Gasteiger partial charge in [0.25, 0.3) is 5.91 Å². The number of aryl methyl sites for hydroxylation is 1. The number of aromatic nitrogens is 1. The Balaban J connectivity index is 1.66. The topological polar surface area (TPSA) is 71.5 Å². The summed E-state index contributed by atoms with van der Waals surface area (Å²) in [4.78, 5) is 16.9. The van der Waals surface area contributed by atoms with Gasteiger partial charge in [-0.05, 0) is 54.3 Å². The molecule has 1 aromatic heterocycles. The van der Waals surface area contributed by atoms with Crippen molar-refractivity contribution in [3.05, 3.63) is 69.7 Å². The summed E-state index contributed by atoms with van der Waals surface area (Å²) in [5, 5.41) is 15.8. The van der Waals surface area contributed by atoms with Gasteiger partial charge in [0.15, 0.2) is 0 Å². The maximum absolute atomic E-state index is 12.5. The zero-order chi connectivity index (χ0) is 20.3. The maximum atomic E-state index is 12.5. The second-order valence-electron chi connectivity index (χ2n) is 7.61. The van der Waals surface area contributed by atoms with Crippen molar-refractivity contribution in [3.8, 4) is 11.5 Å². The van der Waals surface area contributed by atoms with Crippen LogP contribution in [0.1, 0.15) is 47.4 Å². The van der Waals surface area contributed by atoms with Gasteiger partial charge in [-0.3, -0.25) is 4.79 Å². The number of phenols is 1. The zero-order valence-electron chi connectivity index (χ0n) is 16.4. The number of rotatable bonds is 5. The molecule has 3 aromatic rings. The summed E-state index contributed by atoms with van der Waals surface area (Å²) in [5.41, 5.74) is 2.72. The lowest BCUT2D eigenvalue weighted by Crippen LogP contribution is -2.15. The molecular weight excluding hydrogens is 372 g/mol. The van der Waals surface area contributed by atoms with Gasteiger partial charge in [-0.25, -0.2) is 4.98 Å². The number of aromatic hydroxyl groups is 1. The Kier molecular flexibility index (Phi) is 5.70. The third-order valence-corrected chi connectivity index (χ3v) is 5.10. The number of nitrogens with one attached hydrogen (secondary N) is 1. The Hall–Kier alpha value is -2.86. The molecule has 0 fully saturated rings. The summed E-state index contributed by atoms with van der Waals surface area (Å²) in [6, 6.07) is 12.2. The van der Waals surface area contributed by atoms with Gasteiger partial charge < -0.3 is 15.2 Å². The molecule has 0 unspecified atom stereocenters. The third-order valence-electron chi connectivity index (χ3n) is 4.28. The summed E-state index contributed by atoms with van der Waals surface area (Å²) in [6.45, 7) is 8.59. The first-order valence-electron chi connectivity index (χ1n) is 9.01. The monoisotopic (exact) mass is 396 g/mol. The van der Waals surface area contributed by atoms with Crippen LogP contribution in [0.15, 0.2) is 47.8 Å². The second-order valence-corrected chi connectivity index (χ2v) is 8.67. The number of carbonyl (C=O) groups excluding carboxylic acids is 1. The molecule has 0 aliphatic rings. The van der Waals surface area contributed by atoms with Crippen LogP contribution >= 0.6 is 11.3 Å². The van der Waals surface area contributed by atoms with Crippen molar-refractivity contribution in [3.63, 3.8) is 0 Å². The van der Waals surface area contributed by atoms with Gasteiger partial charge in [-0.15, -0.1) is 11.3 Å². The lowest BCUT2D eigenvalue weighted by Gasteiger charge is -2.20. The Bertz CT molecular complexity index is 972. The molecule has 3 rings (SSSR count). The fourth-order valence-corrected chi connectivity index (χ4v) is 3.23. The van der Waals surface area contributed by atoms with Gasteiger partial charge in [0.2, 0.25) is 0 Å². The molecule has 28 heavy (non-hydrogen) atoms. The highest BCUT2D eigenvalue weighted by molar-refractivity contribution is 7.09. The van der Waals surface area contributed by atoms with Crippen LogP contribution in [-0.2, 0) is 12.0 Å². The van der Waals surface area contributed by atoms with E-state index >= 15 is 0 Å². The smallest absolute Gasteiger partial charge is 0.255 e. The van der Waals surface area contributed by atoms with E-state index in [1.165, 1.54) is 0 Å². The molecule has 0 saturated heterocycles. The largest absolute Gasteiger partial charge is 0.506 e. The third kappa shape index (κ3) is 4.89. The maximum Gasteiger partial charge on any atom is 0.255 e. The molecule has 0 saturated carbocycles. The van der Waals surface area contributed by atoms with Gasteiger partial charge in [0.1, 0.15) is 18.1 Å². The van der Waals surface area contributed by atoms with Gasteiger partial charge >= 0.3 is 0 Å². The summed E-state index contributed by atoms with van der Waals surface area (Å²) in [5.74, 6) is 0.419. The summed E-state index contributed by atoms with van der Waals surface area (Å²) in [7, 11) is 0. The number of phenolic OH excluding ortho intramolecular Hbond substituents is 1. The Labute approximate surface area is 169 Å². The fourth-order valence-electron chi connectivity index (χ4n) is 2.63. The van der Waals surface area contributed by atoms with Crippen LogP contribution in [0, 0.1) is 6.92 Å². The van der Waals surface area contributed by atoms with Crippen LogP contribution in [0.3, 0.4) is 0 Å². The van der Waals surface area contributed by atoms with Crippen molar-refractivity contribution in [2.24, 2.45) is 0 Å². The summed E-state index contributed by atoms with van der Waals surface area (Å²) < 4.78 is 5.70. The van der Waals surface area contributed by atoms with Crippen molar-refractivity contribution in [2.45, 2.75) is 39.7 Å². The van der Waals surface area contributed by atoms with Crippen LogP contribution in [0.4, 0.5) is 5.69 Å². The number of ether oxygens (including phenoxy) is 1. The molecule has 2 aromatic carbocycles. The summed E-state index contributed by atoms with van der Waals surface area (Å²) >= 11 is 1.59. The fraction of sp³-hybridized carbons (Fsp3) is 0.273. The van der Waals surface area contributed by atoms with Crippen molar-refractivity contribution < 1.29 is 14.6 Å². The average molecular weight is 397 g/mol. The van der Waals surface area contributed by atoms with Gasteiger partial charge in [-0.2, -0.15) is 0 Å². The van der Waals surface area contributed by atoms with E-state index in [0.29, 0.717) is 23.6 Å². The number of carbonyl (C=O) groups is 1. The van der Waals surface area contributed by atoms with Crippen LogP contribution in [0.5, 0.6) is 11.5 Å².